The Morgan fingerprint density at radius 3 is 1.45 bits per heavy atom. The van der Waals surface area contributed by atoms with Crippen LogP contribution in [0.15, 0.2) is 192 Å². The van der Waals surface area contributed by atoms with Gasteiger partial charge in [-0.15, -0.1) is 0 Å². The second kappa shape index (κ2) is 12.7. The van der Waals surface area contributed by atoms with Crippen molar-refractivity contribution in [2.24, 2.45) is 0 Å². The molecule has 2 nitrogen and oxygen atoms in total. The molecule has 0 saturated carbocycles. The van der Waals surface area contributed by atoms with E-state index >= 15 is 0 Å². The zero-order valence-electron chi connectivity index (χ0n) is 34.3. The van der Waals surface area contributed by atoms with E-state index in [-0.39, 0.29) is 10.8 Å². The van der Waals surface area contributed by atoms with Crippen LogP contribution in [0.25, 0.3) is 77.2 Å². The molecule has 1 aromatic heterocycles. The molecule has 12 rings (SSSR count). The van der Waals surface area contributed by atoms with Crippen LogP contribution in [0.4, 0.5) is 17.1 Å². The van der Waals surface area contributed by atoms with Crippen LogP contribution in [0.1, 0.15) is 49.9 Å². The summed E-state index contributed by atoms with van der Waals surface area (Å²) in [5.74, 6) is 0. The smallest absolute Gasteiger partial charge is 0.136 e. The second-order valence-corrected chi connectivity index (χ2v) is 17.7. The van der Waals surface area contributed by atoms with Gasteiger partial charge in [-0.05, 0) is 126 Å². The summed E-state index contributed by atoms with van der Waals surface area (Å²) in [6.07, 6.45) is 0. The SMILES string of the molecule is CC1(C)c2ccccc2-c2ccc(N(c3ccc4c(c3)C(C)(C)c3ccccc3-4)c3ccc4oc5cc(-c6ccc(-c7ccccc7)cc6)c6ccccc6c5c4c3)cc21. The largest absolute Gasteiger partial charge is 0.456 e. The van der Waals surface area contributed by atoms with Crippen molar-refractivity contribution in [1.82, 2.24) is 0 Å². The van der Waals surface area contributed by atoms with Crippen LogP contribution in [0, 0.1) is 0 Å². The fraction of sp³-hybridized carbons (Fsp3) is 0.103. The molecule has 0 N–H and O–H groups in total. The molecule has 60 heavy (non-hydrogen) atoms. The van der Waals surface area contributed by atoms with Crippen LogP contribution in [-0.4, -0.2) is 0 Å². The van der Waals surface area contributed by atoms with E-state index in [1.165, 1.54) is 77.5 Å². The van der Waals surface area contributed by atoms with E-state index in [0.29, 0.717) is 0 Å². The molecule has 0 spiro atoms. The maximum Gasteiger partial charge on any atom is 0.136 e. The number of hydrogen-bond donors (Lipinski definition) is 0. The summed E-state index contributed by atoms with van der Waals surface area (Å²) in [5, 5.41) is 4.65. The average molecular weight is 770 g/mol. The van der Waals surface area contributed by atoms with Crippen LogP contribution in [0.3, 0.4) is 0 Å². The molecule has 0 saturated heterocycles. The van der Waals surface area contributed by atoms with Crippen LogP contribution < -0.4 is 4.90 Å². The maximum atomic E-state index is 6.79. The predicted molar refractivity (Wildman–Crippen MR) is 252 cm³/mol. The fourth-order valence-electron chi connectivity index (χ4n) is 10.6. The van der Waals surface area contributed by atoms with Crippen molar-refractivity contribution in [2.45, 2.75) is 38.5 Å². The Kier molecular flexibility index (Phi) is 7.36. The zero-order chi connectivity index (χ0) is 40.3. The lowest BCUT2D eigenvalue weighted by atomic mass is 9.82. The summed E-state index contributed by atoms with van der Waals surface area (Å²) in [6, 6.07) is 69.2. The standard InChI is InChI=1S/C58H43NO/c1-57(2)50-20-12-10-17-43(50)45-29-26-40(33-52(45)57)59(41-27-30-46-44-18-11-13-21-51(44)58(3,4)53(46)34-41)39-28-31-54-49(32-39)56-47-19-9-8-16-42(47)48(35-55(56)60-54)38-24-22-37(23-25-38)36-14-6-5-7-15-36/h5-35H,1-4H3. The normalized spacial score (nSPS) is 14.3. The van der Waals surface area contributed by atoms with E-state index in [2.05, 4.69) is 221 Å². The Morgan fingerprint density at radius 2 is 0.817 bits per heavy atom. The molecule has 0 bridgehead atoms. The van der Waals surface area contributed by atoms with Crippen molar-refractivity contribution >= 4 is 49.8 Å². The molecule has 2 aliphatic rings. The number of hydrogen-bond acceptors (Lipinski definition) is 2. The molecule has 0 aliphatic heterocycles. The minimum Gasteiger partial charge on any atom is -0.456 e. The Balaban J connectivity index is 1.05. The van der Waals surface area contributed by atoms with Crippen molar-refractivity contribution < 1.29 is 4.42 Å². The summed E-state index contributed by atoms with van der Waals surface area (Å²) in [6.45, 7) is 9.45. The molecule has 0 amide bonds. The quantitative estimate of drug-likeness (QED) is 0.173. The molecule has 10 aromatic rings. The van der Waals surface area contributed by atoms with Gasteiger partial charge >= 0.3 is 0 Å². The first kappa shape index (κ1) is 34.8. The molecule has 0 unspecified atom stereocenters. The molecule has 2 aliphatic carbocycles. The highest BCUT2D eigenvalue weighted by molar-refractivity contribution is 6.22. The van der Waals surface area contributed by atoms with Crippen LogP contribution in [-0.2, 0) is 10.8 Å². The first-order valence-corrected chi connectivity index (χ1v) is 21.1. The van der Waals surface area contributed by atoms with Crippen LogP contribution in [0.5, 0.6) is 0 Å². The predicted octanol–water partition coefficient (Wildman–Crippen LogP) is 16.2. The molecule has 286 valence electrons. The lowest BCUT2D eigenvalue weighted by Gasteiger charge is -2.29. The Labute approximate surface area is 351 Å². The third kappa shape index (κ3) is 5.01. The van der Waals surface area contributed by atoms with Crippen LogP contribution in [0.2, 0.25) is 0 Å². The van der Waals surface area contributed by atoms with E-state index in [0.717, 1.165) is 39.0 Å². The minimum atomic E-state index is -0.127. The third-order valence-corrected chi connectivity index (χ3v) is 13.7. The van der Waals surface area contributed by atoms with Gasteiger partial charge in [-0.3, -0.25) is 0 Å². The van der Waals surface area contributed by atoms with Gasteiger partial charge in [0.1, 0.15) is 11.2 Å². The number of rotatable bonds is 5. The highest BCUT2D eigenvalue weighted by atomic mass is 16.3. The van der Waals surface area contributed by atoms with E-state index in [4.69, 9.17) is 4.42 Å². The lowest BCUT2D eigenvalue weighted by molar-refractivity contribution is 0.660. The number of furan rings is 1. The molecule has 0 fully saturated rings. The zero-order valence-corrected chi connectivity index (χ0v) is 34.3. The van der Waals surface area contributed by atoms with Crippen molar-refractivity contribution in [3.63, 3.8) is 0 Å². The van der Waals surface area contributed by atoms with E-state index in [9.17, 15) is 0 Å². The molecule has 9 aromatic carbocycles. The summed E-state index contributed by atoms with van der Waals surface area (Å²) in [5.41, 5.74) is 20.4. The van der Waals surface area contributed by atoms with E-state index in [1.807, 2.05) is 0 Å². The van der Waals surface area contributed by atoms with E-state index < -0.39 is 0 Å². The third-order valence-electron chi connectivity index (χ3n) is 13.7. The number of benzene rings is 9. The van der Waals surface area contributed by atoms with Gasteiger partial charge in [0, 0.05) is 38.7 Å². The topological polar surface area (TPSA) is 16.4 Å². The Bertz CT molecular complexity index is 3260. The monoisotopic (exact) mass is 769 g/mol. The van der Waals surface area contributed by atoms with E-state index in [1.54, 1.807) is 0 Å². The summed E-state index contributed by atoms with van der Waals surface area (Å²) < 4.78 is 6.79. The van der Waals surface area contributed by atoms with Gasteiger partial charge < -0.3 is 9.32 Å². The molecule has 0 radical (unpaired) electrons. The van der Waals surface area contributed by atoms with Gasteiger partial charge in [0.2, 0.25) is 0 Å². The highest BCUT2D eigenvalue weighted by Crippen LogP contribution is 2.53. The summed E-state index contributed by atoms with van der Waals surface area (Å²) in [7, 11) is 0. The molecular weight excluding hydrogens is 727 g/mol. The minimum absolute atomic E-state index is 0.127. The van der Waals surface area contributed by atoms with Crippen molar-refractivity contribution in [1.29, 1.82) is 0 Å². The number of fused-ring (bicyclic) bond motifs is 11. The summed E-state index contributed by atoms with van der Waals surface area (Å²) in [4.78, 5) is 2.46. The van der Waals surface area contributed by atoms with Gasteiger partial charge in [0.05, 0.1) is 0 Å². The molecule has 1 heterocycles. The van der Waals surface area contributed by atoms with Crippen LogP contribution >= 0.6 is 0 Å². The van der Waals surface area contributed by atoms with Crippen molar-refractivity contribution in [2.75, 3.05) is 4.90 Å². The summed E-state index contributed by atoms with van der Waals surface area (Å²) >= 11 is 0. The average Bonchev–Trinajstić information content (AvgIpc) is 3.86. The number of anilines is 3. The van der Waals surface area contributed by atoms with Gasteiger partial charge in [-0.1, -0.05) is 167 Å². The van der Waals surface area contributed by atoms with Crippen molar-refractivity contribution in [3.05, 3.63) is 210 Å². The van der Waals surface area contributed by atoms with Gasteiger partial charge in [0.25, 0.3) is 0 Å². The molecule has 0 atom stereocenters. The lowest BCUT2D eigenvalue weighted by Crippen LogP contribution is -2.18. The fourth-order valence-corrected chi connectivity index (χ4v) is 10.6. The first-order valence-electron chi connectivity index (χ1n) is 21.1. The Hall–Kier alpha value is -7.16. The second-order valence-electron chi connectivity index (χ2n) is 17.7. The Morgan fingerprint density at radius 1 is 0.333 bits per heavy atom. The number of nitrogens with zero attached hydrogens (tertiary/aromatic N) is 1. The first-order chi connectivity index (χ1) is 29.3. The van der Waals surface area contributed by atoms with Gasteiger partial charge in [0.15, 0.2) is 0 Å². The van der Waals surface area contributed by atoms with Crippen molar-refractivity contribution in [3.8, 4) is 44.5 Å². The molecular formula is C58H43NO. The van der Waals surface area contributed by atoms with Gasteiger partial charge in [-0.25, -0.2) is 0 Å². The molecule has 2 heteroatoms. The maximum absolute atomic E-state index is 6.79. The highest BCUT2D eigenvalue weighted by Gasteiger charge is 2.37. The van der Waals surface area contributed by atoms with Gasteiger partial charge in [-0.2, -0.15) is 0 Å².